The van der Waals surface area contributed by atoms with Crippen LogP contribution in [-0.2, 0) is 6.54 Å². The van der Waals surface area contributed by atoms with Crippen molar-refractivity contribution < 1.29 is 4.74 Å². The largest absolute Gasteiger partial charge is 0.497 e. The van der Waals surface area contributed by atoms with Crippen LogP contribution in [0.5, 0.6) is 5.75 Å². The minimum atomic E-state index is 0.701. The summed E-state index contributed by atoms with van der Waals surface area (Å²) in [6, 6.07) is 20.4. The van der Waals surface area contributed by atoms with E-state index in [0.717, 1.165) is 22.3 Å². The molecule has 0 atom stereocenters. The molecule has 25 heavy (non-hydrogen) atoms. The second kappa shape index (κ2) is 6.91. The van der Waals surface area contributed by atoms with Gasteiger partial charge in [-0.05, 0) is 41.3 Å². The van der Waals surface area contributed by atoms with Crippen molar-refractivity contribution in [3.8, 4) is 16.5 Å². The molecule has 0 spiro atoms. The van der Waals surface area contributed by atoms with Gasteiger partial charge in [-0.15, -0.1) is 11.3 Å². The van der Waals surface area contributed by atoms with E-state index in [9.17, 15) is 0 Å². The van der Waals surface area contributed by atoms with E-state index in [0.29, 0.717) is 6.54 Å². The van der Waals surface area contributed by atoms with Gasteiger partial charge in [0.2, 0.25) is 0 Å². The van der Waals surface area contributed by atoms with Gasteiger partial charge in [-0.3, -0.25) is 0 Å². The van der Waals surface area contributed by atoms with Crippen molar-refractivity contribution in [2.45, 2.75) is 6.54 Å². The molecule has 1 N–H and O–H groups in total. The van der Waals surface area contributed by atoms with Gasteiger partial charge in [-0.25, -0.2) is 9.97 Å². The number of nitrogens with zero attached hydrogens (tertiary/aromatic N) is 2. The van der Waals surface area contributed by atoms with E-state index < -0.39 is 0 Å². The third kappa shape index (κ3) is 3.46. The smallest absolute Gasteiger partial charge is 0.171 e. The Morgan fingerprint density at radius 1 is 1.04 bits per heavy atom. The number of rotatable bonds is 5. The molecule has 0 aliphatic carbocycles. The molecule has 0 saturated carbocycles. The zero-order valence-corrected chi connectivity index (χ0v) is 14.6. The van der Waals surface area contributed by atoms with E-state index in [-0.39, 0.29) is 0 Å². The lowest BCUT2D eigenvalue weighted by molar-refractivity contribution is 0.414. The van der Waals surface area contributed by atoms with Crippen LogP contribution in [0.2, 0.25) is 0 Å². The van der Waals surface area contributed by atoms with Gasteiger partial charge in [-0.1, -0.05) is 30.3 Å². The molecule has 0 radical (unpaired) electrons. The van der Waals surface area contributed by atoms with Crippen molar-refractivity contribution in [3.63, 3.8) is 0 Å². The number of hydrogen-bond acceptors (Lipinski definition) is 5. The van der Waals surface area contributed by atoms with Crippen LogP contribution >= 0.6 is 11.3 Å². The summed E-state index contributed by atoms with van der Waals surface area (Å²) in [6.07, 6.45) is 1.79. The van der Waals surface area contributed by atoms with Gasteiger partial charge in [0.05, 0.1) is 12.0 Å². The van der Waals surface area contributed by atoms with E-state index in [1.807, 2.05) is 36.4 Å². The number of thiophene rings is 1. The highest BCUT2D eigenvalue weighted by Crippen LogP contribution is 2.31. The minimum Gasteiger partial charge on any atom is -0.497 e. The topological polar surface area (TPSA) is 47.0 Å². The van der Waals surface area contributed by atoms with Crippen LogP contribution in [0, 0.1) is 0 Å². The minimum absolute atomic E-state index is 0.701. The maximum Gasteiger partial charge on any atom is 0.171 e. The second-order valence-corrected chi connectivity index (χ2v) is 6.70. The predicted molar refractivity (Wildman–Crippen MR) is 103 cm³/mol. The molecule has 2 heterocycles. The average Bonchev–Trinajstić information content (AvgIpc) is 3.11. The van der Waals surface area contributed by atoms with Crippen LogP contribution < -0.4 is 10.1 Å². The molecule has 2 aromatic carbocycles. The van der Waals surface area contributed by atoms with Gasteiger partial charge in [-0.2, -0.15) is 0 Å². The van der Waals surface area contributed by atoms with Gasteiger partial charge in [0.1, 0.15) is 11.6 Å². The van der Waals surface area contributed by atoms with E-state index in [1.165, 1.54) is 15.6 Å². The number of ether oxygens (including phenoxy) is 1. The van der Waals surface area contributed by atoms with Gasteiger partial charge in [0.25, 0.3) is 0 Å². The molecule has 0 amide bonds. The van der Waals surface area contributed by atoms with Crippen molar-refractivity contribution in [2.75, 3.05) is 12.4 Å². The molecule has 0 saturated heterocycles. The molecule has 124 valence electrons. The summed E-state index contributed by atoms with van der Waals surface area (Å²) in [5, 5.41) is 4.58. The van der Waals surface area contributed by atoms with Gasteiger partial charge >= 0.3 is 0 Å². The fourth-order valence-electron chi connectivity index (χ4n) is 2.60. The Balaban J connectivity index is 1.52. The summed E-state index contributed by atoms with van der Waals surface area (Å²) in [7, 11) is 1.67. The molecule has 4 aromatic rings. The fourth-order valence-corrected chi connectivity index (χ4v) is 3.61. The van der Waals surface area contributed by atoms with Crippen LogP contribution in [0.25, 0.3) is 20.8 Å². The molecule has 0 bridgehead atoms. The number of fused-ring (bicyclic) bond motifs is 1. The van der Waals surface area contributed by atoms with E-state index >= 15 is 0 Å². The summed E-state index contributed by atoms with van der Waals surface area (Å²) >= 11 is 1.71. The summed E-state index contributed by atoms with van der Waals surface area (Å²) in [5.41, 5.74) is 1.17. The number of benzene rings is 2. The first-order valence-electron chi connectivity index (χ1n) is 8.00. The first-order chi connectivity index (χ1) is 12.3. The summed E-state index contributed by atoms with van der Waals surface area (Å²) in [4.78, 5) is 10.2. The van der Waals surface area contributed by atoms with E-state index in [2.05, 4.69) is 39.6 Å². The molecule has 5 heteroatoms. The highest BCUT2D eigenvalue weighted by atomic mass is 32.1. The quantitative estimate of drug-likeness (QED) is 0.553. The Morgan fingerprint density at radius 2 is 1.88 bits per heavy atom. The lowest BCUT2D eigenvalue weighted by Gasteiger charge is -2.07. The van der Waals surface area contributed by atoms with Crippen molar-refractivity contribution in [3.05, 3.63) is 72.4 Å². The number of nitrogens with one attached hydrogen (secondary N) is 1. The van der Waals surface area contributed by atoms with Crippen molar-refractivity contribution >= 4 is 27.2 Å². The van der Waals surface area contributed by atoms with E-state index in [4.69, 9.17) is 4.74 Å². The van der Waals surface area contributed by atoms with Crippen LogP contribution in [0.4, 0.5) is 5.82 Å². The zero-order chi connectivity index (χ0) is 17.1. The summed E-state index contributed by atoms with van der Waals surface area (Å²) in [6.45, 7) is 0.701. The summed E-state index contributed by atoms with van der Waals surface area (Å²) < 4.78 is 6.43. The maximum absolute atomic E-state index is 5.18. The van der Waals surface area contributed by atoms with Crippen LogP contribution in [0.1, 0.15) is 5.56 Å². The third-order valence-corrected chi connectivity index (χ3v) is 5.05. The Kier molecular flexibility index (Phi) is 4.31. The molecule has 4 nitrogen and oxygen atoms in total. The molecule has 0 unspecified atom stereocenters. The van der Waals surface area contributed by atoms with Crippen molar-refractivity contribution in [1.82, 2.24) is 9.97 Å². The van der Waals surface area contributed by atoms with Crippen LogP contribution in [0.15, 0.2) is 66.9 Å². The molecular weight excluding hydrogens is 330 g/mol. The van der Waals surface area contributed by atoms with E-state index in [1.54, 1.807) is 24.6 Å². The summed E-state index contributed by atoms with van der Waals surface area (Å²) in [5.74, 6) is 2.43. The van der Waals surface area contributed by atoms with Crippen LogP contribution in [0.3, 0.4) is 0 Å². The Morgan fingerprint density at radius 3 is 2.68 bits per heavy atom. The molecule has 4 rings (SSSR count). The Labute approximate surface area is 150 Å². The lowest BCUT2D eigenvalue weighted by atomic mass is 10.2. The number of methoxy groups -OCH3 is 1. The number of aromatic nitrogens is 2. The lowest BCUT2D eigenvalue weighted by Crippen LogP contribution is -2.02. The molecule has 0 aliphatic rings. The Bertz CT molecular complexity index is 962. The standard InChI is InChI=1S/C20H17N3OS/c1-24-16-8-6-14(7-9-16)13-22-19-10-11-21-20(23-19)18-12-15-4-2-3-5-17(15)25-18/h2-12H,13H2,1H3,(H,21,22,23). The van der Waals surface area contributed by atoms with Crippen molar-refractivity contribution in [1.29, 1.82) is 0 Å². The maximum atomic E-state index is 5.18. The molecule has 0 aliphatic heterocycles. The highest BCUT2D eigenvalue weighted by Gasteiger charge is 2.07. The number of anilines is 1. The van der Waals surface area contributed by atoms with Gasteiger partial charge in [0, 0.05) is 17.4 Å². The average molecular weight is 347 g/mol. The monoisotopic (exact) mass is 347 g/mol. The molecule has 2 aromatic heterocycles. The first-order valence-corrected chi connectivity index (χ1v) is 8.82. The fraction of sp³-hybridized carbons (Fsp3) is 0.100. The highest BCUT2D eigenvalue weighted by molar-refractivity contribution is 7.22. The Hall–Kier alpha value is -2.92. The predicted octanol–water partition coefficient (Wildman–Crippen LogP) is 4.98. The SMILES string of the molecule is COc1ccc(CNc2ccnc(-c3cc4ccccc4s3)n2)cc1. The zero-order valence-electron chi connectivity index (χ0n) is 13.8. The normalized spacial score (nSPS) is 10.8. The van der Waals surface area contributed by atoms with Gasteiger partial charge < -0.3 is 10.1 Å². The second-order valence-electron chi connectivity index (χ2n) is 5.62. The first kappa shape index (κ1) is 15.6. The van der Waals surface area contributed by atoms with Gasteiger partial charge in [0.15, 0.2) is 5.82 Å². The number of hydrogen-bond donors (Lipinski definition) is 1. The van der Waals surface area contributed by atoms with Crippen molar-refractivity contribution in [2.24, 2.45) is 0 Å². The van der Waals surface area contributed by atoms with Crippen LogP contribution in [-0.4, -0.2) is 17.1 Å². The third-order valence-electron chi connectivity index (χ3n) is 3.93. The molecule has 0 fully saturated rings. The molecular formula is C20H17N3OS.